The Morgan fingerprint density at radius 1 is 1.35 bits per heavy atom. The lowest BCUT2D eigenvalue weighted by molar-refractivity contribution is 0.203. The molecule has 0 unspecified atom stereocenters. The topological polar surface area (TPSA) is 50.3 Å². The van der Waals surface area contributed by atoms with Gasteiger partial charge in [0.2, 0.25) is 0 Å². The molecule has 1 N–H and O–H groups in total. The summed E-state index contributed by atoms with van der Waals surface area (Å²) in [4.78, 5) is 2.18. The van der Waals surface area contributed by atoms with Gasteiger partial charge in [-0.2, -0.15) is 5.10 Å². The van der Waals surface area contributed by atoms with Gasteiger partial charge in [0.05, 0.1) is 12.3 Å². The second-order valence-electron chi connectivity index (χ2n) is 4.19. The third-order valence-corrected chi connectivity index (χ3v) is 2.52. The molecule has 0 amide bonds. The van der Waals surface area contributed by atoms with E-state index < -0.39 is 0 Å². The van der Waals surface area contributed by atoms with Crippen molar-refractivity contribution in [3.8, 4) is 0 Å². The van der Waals surface area contributed by atoms with Crippen LogP contribution in [0.4, 0.5) is 5.82 Å². The van der Waals surface area contributed by atoms with E-state index in [1.54, 1.807) is 7.11 Å². The number of methoxy groups -OCH3 is 1. The summed E-state index contributed by atoms with van der Waals surface area (Å²) in [5.74, 6) is 0.900. The van der Waals surface area contributed by atoms with Crippen molar-refractivity contribution in [2.75, 3.05) is 32.2 Å². The normalized spacial score (nSPS) is 10.9. The van der Waals surface area contributed by atoms with Crippen molar-refractivity contribution in [3.63, 3.8) is 0 Å². The first-order chi connectivity index (χ1) is 8.19. The van der Waals surface area contributed by atoms with Crippen LogP contribution in [0.1, 0.15) is 19.5 Å². The molecule has 1 heterocycles. The van der Waals surface area contributed by atoms with Crippen LogP contribution in [-0.2, 0) is 11.3 Å². The van der Waals surface area contributed by atoms with Crippen molar-refractivity contribution < 1.29 is 4.74 Å². The Hall–Kier alpha value is -1.20. The number of hydrogen-bond acceptors (Lipinski definition) is 5. The second-order valence-corrected chi connectivity index (χ2v) is 4.19. The van der Waals surface area contributed by atoms with E-state index in [1.807, 2.05) is 19.2 Å². The first-order valence-electron chi connectivity index (χ1n) is 5.91. The van der Waals surface area contributed by atoms with Crippen LogP contribution < -0.4 is 10.2 Å². The number of ether oxygens (including phenoxy) is 1. The Bertz CT molecular complexity index is 313. The first-order valence-corrected chi connectivity index (χ1v) is 5.91. The maximum Gasteiger partial charge on any atom is 0.151 e. The molecule has 0 aliphatic carbocycles. The van der Waals surface area contributed by atoms with Crippen molar-refractivity contribution in [2.24, 2.45) is 0 Å². The molecule has 0 fully saturated rings. The van der Waals surface area contributed by atoms with E-state index in [2.05, 4.69) is 34.3 Å². The molecular weight excluding hydrogens is 216 g/mol. The highest BCUT2D eigenvalue weighted by Gasteiger charge is 2.11. The minimum atomic E-state index is 0.384. The minimum absolute atomic E-state index is 0.384. The molecule has 0 saturated heterocycles. The second kappa shape index (κ2) is 7.19. The molecule has 0 saturated carbocycles. The van der Waals surface area contributed by atoms with Gasteiger partial charge < -0.3 is 15.0 Å². The first kappa shape index (κ1) is 13.9. The Morgan fingerprint density at radius 3 is 2.59 bits per heavy atom. The predicted molar refractivity (Wildman–Crippen MR) is 69.2 cm³/mol. The third-order valence-electron chi connectivity index (χ3n) is 2.52. The van der Waals surface area contributed by atoms with Gasteiger partial charge >= 0.3 is 0 Å². The Labute approximate surface area is 103 Å². The SMILES string of the molecule is CNCc1ccc(N(CCOC)C(C)C)nn1. The standard InChI is InChI=1S/C12H22N4O/c1-10(2)16(7-8-17-4)12-6-5-11(9-13-3)14-15-12/h5-6,10,13H,7-9H2,1-4H3. The highest BCUT2D eigenvalue weighted by atomic mass is 16.5. The number of nitrogens with one attached hydrogen (secondary N) is 1. The van der Waals surface area contributed by atoms with E-state index in [0.29, 0.717) is 12.6 Å². The Kier molecular flexibility index (Phi) is 5.86. The summed E-state index contributed by atoms with van der Waals surface area (Å²) < 4.78 is 5.11. The van der Waals surface area contributed by atoms with E-state index in [9.17, 15) is 0 Å². The summed E-state index contributed by atoms with van der Waals surface area (Å²) in [6, 6.07) is 4.39. The van der Waals surface area contributed by atoms with Gasteiger partial charge in [-0.1, -0.05) is 0 Å². The highest BCUT2D eigenvalue weighted by Crippen LogP contribution is 2.12. The maximum atomic E-state index is 5.11. The maximum absolute atomic E-state index is 5.11. The van der Waals surface area contributed by atoms with Crippen LogP contribution in [0.25, 0.3) is 0 Å². The summed E-state index contributed by atoms with van der Waals surface area (Å²) in [6.07, 6.45) is 0. The van der Waals surface area contributed by atoms with Crippen LogP contribution in [0, 0.1) is 0 Å². The number of nitrogens with zero attached hydrogens (tertiary/aromatic N) is 3. The molecule has 96 valence electrons. The van der Waals surface area contributed by atoms with Gasteiger partial charge in [0.1, 0.15) is 0 Å². The quantitative estimate of drug-likeness (QED) is 0.769. The molecular formula is C12H22N4O. The molecule has 5 nitrogen and oxygen atoms in total. The van der Waals surface area contributed by atoms with Crippen molar-refractivity contribution in [3.05, 3.63) is 17.8 Å². The lowest BCUT2D eigenvalue weighted by atomic mass is 10.3. The summed E-state index contributed by atoms with van der Waals surface area (Å²) in [5.41, 5.74) is 0.951. The highest BCUT2D eigenvalue weighted by molar-refractivity contribution is 5.38. The van der Waals surface area contributed by atoms with Gasteiger partial charge in [-0.15, -0.1) is 5.10 Å². The predicted octanol–water partition coefficient (Wildman–Crippen LogP) is 1.06. The van der Waals surface area contributed by atoms with Gasteiger partial charge in [0, 0.05) is 26.2 Å². The number of rotatable bonds is 7. The smallest absolute Gasteiger partial charge is 0.151 e. The number of aromatic nitrogens is 2. The molecule has 0 aliphatic rings. The summed E-state index contributed by atoms with van der Waals surface area (Å²) in [5, 5.41) is 11.5. The lowest BCUT2D eigenvalue weighted by Crippen LogP contribution is -2.34. The molecule has 1 rings (SSSR count). The molecule has 0 aliphatic heterocycles. The molecule has 0 aromatic carbocycles. The molecule has 1 aromatic heterocycles. The van der Waals surface area contributed by atoms with Gasteiger partial charge in [0.25, 0.3) is 0 Å². The molecule has 0 bridgehead atoms. The lowest BCUT2D eigenvalue weighted by Gasteiger charge is -2.27. The summed E-state index contributed by atoms with van der Waals surface area (Å²) >= 11 is 0. The largest absolute Gasteiger partial charge is 0.383 e. The van der Waals surface area contributed by atoms with E-state index in [-0.39, 0.29) is 0 Å². The summed E-state index contributed by atoms with van der Waals surface area (Å²) in [7, 11) is 3.61. The van der Waals surface area contributed by atoms with Crippen LogP contribution in [0.5, 0.6) is 0 Å². The Balaban J connectivity index is 2.72. The molecule has 17 heavy (non-hydrogen) atoms. The molecule has 5 heteroatoms. The van der Waals surface area contributed by atoms with Gasteiger partial charge in [-0.25, -0.2) is 0 Å². The van der Waals surface area contributed by atoms with Crippen molar-refractivity contribution in [1.82, 2.24) is 15.5 Å². The monoisotopic (exact) mass is 238 g/mol. The molecule has 0 radical (unpaired) electrons. The van der Waals surface area contributed by atoms with Crippen LogP contribution in [-0.4, -0.2) is 43.5 Å². The van der Waals surface area contributed by atoms with E-state index in [1.165, 1.54) is 0 Å². The van der Waals surface area contributed by atoms with E-state index >= 15 is 0 Å². The zero-order valence-corrected chi connectivity index (χ0v) is 11.1. The third kappa shape index (κ3) is 4.28. The molecule has 0 atom stereocenters. The van der Waals surface area contributed by atoms with E-state index in [4.69, 9.17) is 4.74 Å². The van der Waals surface area contributed by atoms with Crippen LogP contribution in [0.15, 0.2) is 12.1 Å². The zero-order valence-electron chi connectivity index (χ0n) is 11.1. The van der Waals surface area contributed by atoms with Gasteiger partial charge in [-0.05, 0) is 33.0 Å². The van der Waals surface area contributed by atoms with Crippen LogP contribution >= 0.6 is 0 Å². The van der Waals surface area contributed by atoms with Gasteiger partial charge in [0.15, 0.2) is 5.82 Å². The minimum Gasteiger partial charge on any atom is -0.383 e. The van der Waals surface area contributed by atoms with Crippen LogP contribution in [0.2, 0.25) is 0 Å². The average molecular weight is 238 g/mol. The number of anilines is 1. The van der Waals surface area contributed by atoms with Crippen molar-refractivity contribution in [1.29, 1.82) is 0 Å². The van der Waals surface area contributed by atoms with Crippen LogP contribution in [0.3, 0.4) is 0 Å². The molecule has 1 aromatic rings. The summed E-state index contributed by atoms with van der Waals surface area (Å²) in [6.45, 7) is 6.54. The fourth-order valence-corrected chi connectivity index (χ4v) is 1.61. The average Bonchev–Trinajstić information content (AvgIpc) is 2.31. The zero-order chi connectivity index (χ0) is 12.7. The number of hydrogen-bond donors (Lipinski definition) is 1. The molecule has 0 spiro atoms. The van der Waals surface area contributed by atoms with Crippen molar-refractivity contribution in [2.45, 2.75) is 26.4 Å². The van der Waals surface area contributed by atoms with Crippen molar-refractivity contribution >= 4 is 5.82 Å². The fourth-order valence-electron chi connectivity index (χ4n) is 1.61. The Morgan fingerprint density at radius 2 is 2.12 bits per heavy atom. The van der Waals surface area contributed by atoms with E-state index in [0.717, 1.165) is 24.6 Å². The van der Waals surface area contributed by atoms with Gasteiger partial charge in [-0.3, -0.25) is 0 Å². The fraction of sp³-hybridized carbons (Fsp3) is 0.667.